The number of nitrogens with zero attached hydrogens (tertiary/aromatic N) is 2. The number of carbonyl (C=O) groups is 2. The van der Waals surface area contributed by atoms with E-state index in [1.807, 2.05) is 0 Å². The van der Waals surface area contributed by atoms with Crippen LogP contribution in [0.4, 0.5) is 24.5 Å². The molecule has 0 saturated carbocycles. The first-order valence-electron chi connectivity index (χ1n) is 11.5. The summed E-state index contributed by atoms with van der Waals surface area (Å²) >= 11 is 6.27. The lowest BCUT2D eigenvalue weighted by Crippen LogP contribution is -2.18. The van der Waals surface area contributed by atoms with Gasteiger partial charge < -0.3 is 20.1 Å². The third-order valence-corrected chi connectivity index (χ3v) is 5.89. The average Bonchev–Trinajstić information content (AvgIpc) is 2.96. The van der Waals surface area contributed by atoms with Gasteiger partial charge in [0.05, 0.1) is 36.2 Å². The number of hydrogen-bond donors (Lipinski definition) is 2. The van der Waals surface area contributed by atoms with Crippen molar-refractivity contribution >= 4 is 46.9 Å². The maximum Gasteiger partial charge on any atom is 0.416 e. The Kier molecular flexibility index (Phi) is 9.75. The molecule has 0 heterocycles. The summed E-state index contributed by atoms with van der Waals surface area (Å²) in [5.74, 6) is -1.01. The highest BCUT2D eigenvalue weighted by Gasteiger charge is 2.33. The Labute approximate surface area is 237 Å². The standard InChI is InChI=1S/C29H20ClF3N4O4/c1-40-22-7-3-17(4-8-22)11-19(15-34)27(38)36-24-13-21(29(31,32)33)14-25(26(24)30)37-28(39)20(16-35)12-18-5-9-23(41-2)10-6-18/h3-14H,1-2H3,(H,36,38)(H,37,39)/b19-11-,20-12+. The number of anilines is 2. The molecule has 0 fully saturated rings. The Morgan fingerprint density at radius 1 is 0.780 bits per heavy atom. The molecule has 3 rings (SSSR count). The molecule has 2 N–H and O–H groups in total. The second kappa shape index (κ2) is 13.2. The fourth-order valence-electron chi connectivity index (χ4n) is 3.38. The van der Waals surface area contributed by atoms with Crippen LogP contribution < -0.4 is 20.1 Å². The molecule has 2 amide bonds. The van der Waals surface area contributed by atoms with Gasteiger partial charge in [-0.05, 0) is 59.7 Å². The second-order valence-corrected chi connectivity index (χ2v) is 8.56. The number of amides is 2. The number of halogens is 4. The first-order valence-corrected chi connectivity index (χ1v) is 11.9. The summed E-state index contributed by atoms with van der Waals surface area (Å²) in [6.45, 7) is 0. The summed E-state index contributed by atoms with van der Waals surface area (Å²) < 4.78 is 51.2. The molecule has 0 saturated heterocycles. The van der Waals surface area contributed by atoms with Crippen molar-refractivity contribution in [2.45, 2.75) is 6.18 Å². The fourth-order valence-corrected chi connectivity index (χ4v) is 3.58. The monoisotopic (exact) mass is 580 g/mol. The van der Waals surface area contributed by atoms with Crippen molar-refractivity contribution < 1.29 is 32.2 Å². The summed E-state index contributed by atoms with van der Waals surface area (Å²) in [5.41, 5.74) is -2.23. The number of rotatable bonds is 8. The third kappa shape index (κ3) is 7.88. The van der Waals surface area contributed by atoms with E-state index >= 15 is 0 Å². The summed E-state index contributed by atoms with van der Waals surface area (Å²) in [4.78, 5) is 25.6. The minimum absolute atomic E-state index is 0.427. The van der Waals surface area contributed by atoms with Gasteiger partial charge in [-0.3, -0.25) is 9.59 Å². The summed E-state index contributed by atoms with van der Waals surface area (Å²) in [7, 11) is 2.93. The first-order chi connectivity index (χ1) is 19.5. The van der Waals surface area contributed by atoms with Crippen LogP contribution in [0.25, 0.3) is 12.2 Å². The van der Waals surface area contributed by atoms with Gasteiger partial charge >= 0.3 is 6.18 Å². The zero-order valence-corrected chi connectivity index (χ0v) is 22.2. The van der Waals surface area contributed by atoms with Gasteiger partial charge in [0.15, 0.2) is 0 Å². The number of alkyl halides is 3. The van der Waals surface area contributed by atoms with Gasteiger partial charge in [0.25, 0.3) is 11.8 Å². The van der Waals surface area contributed by atoms with Crippen LogP contribution in [0.3, 0.4) is 0 Å². The van der Waals surface area contributed by atoms with Gasteiger partial charge in [-0.15, -0.1) is 0 Å². The Morgan fingerprint density at radius 3 is 1.44 bits per heavy atom. The van der Waals surface area contributed by atoms with Crippen molar-refractivity contribution in [3.8, 4) is 23.6 Å². The fraction of sp³-hybridized carbons (Fsp3) is 0.103. The van der Waals surface area contributed by atoms with E-state index in [9.17, 15) is 33.3 Å². The minimum atomic E-state index is -4.89. The summed E-state index contributed by atoms with van der Waals surface area (Å²) in [5, 5.41) is 22.9. The number of carbonyl (C=O) groups excluding carboxylic acids is 2. The molecule has 0 aromatic heterocycles. The van der Waals surface area contributed by atoms with Crippen molar-refractivity contribution in [1.82, 2.24) is 0 Å². The number of benzene rings is 3. The van der Waals surface area contributed by atoms with Gasteiger partial charge in [0.1, 0.15) is 34.8 Å². The lowest BCUT2D eigenvalue weighted by atomic mass is 10.1. The molecule has 41 heavy (non-hydrogen) atoms. The Bertz CT molecular complexity index is 1490. The predicted octanol–water partition coefficient (Wildman–Crippen LogP) is 6.47. The molecular formula is C29H20ClF3N4O4. The largest absolute Gasteiger partial charge is 0.497 e. The van der Waals surface area contributed by atoms with E-state index in [0.29, 0.717) is 34.8 Å². The molecule has 8 nitrogen and oxygen atoms in total. The van der Waals surface area contributed by atoms with E-state index in [2.05, 4.69) is 10.6 Å². The predicted molar refractivity (Wildman–Crippen MR) is 147 cm³/mol. The van der Waals surface area contributed by atoms with E-state index in [4.69, 9.17) is 21.1 Å². The van der Waals surface area contributed by atoms with Crippen molar-refractivity contribution in [1.29, 1.82) is 10.5 Å². The van der Waals surface area contributed by atoms with Crippen molar-refractivity contribution in [2.24, 2.45) is 0 Å². The Hall–Kier alpha value is -5.26. The number of nitrogens with one attached hydrogen (secondary N) is 2. The first kappa shape index (κ1) is 30.3. The van der Waals surface area contributed by atoms with Gasteiger partial charge in [0.2, 0.25) is 0 Å². The van der Waals surface area contributed by atoms with Crippen LogP contribution in [0.2, 0.25) is 5.02 Å². The zero-order chi connectivity index (χ0) is 30.2. The quantitative estimate of drug-likeness (QED) is 0.232. The van der Waals surface area contributed by atoms with Gasteiger partial charge in [0, 0.05) is 0 Å². The SMILES string of the molecule is COc1ccc(/C=C(/C#N)C(=O)Nc2cc(C(F)(F)F)cc(NC(=O)/C(C#N)=C/c3ccc(OC)cc3)c2Cl)cc1. The highest BCUT2D eigenvalue weighted by molar-refractivity contribution is 6.37. The molecular weight excluding hydrogens is 561 g/mol. The molecule has 3 aromatic carbocycles. The van der Waals surface area contributed by atoms with Crippen molar-refractivity contribution in [3.63, 3.8) is 0 Å². The molecule has 0 aliphatic heterocycles. The normalized spacial score (nSPS) is 11.6. The average molecular weight is 581 g/mol. The molecule has 0 unspecified atom stereocenters. The van der Waals surface area contributed by atoms with Crippen LogP contribution in [0.1, 0.15) is 16.7 Å². The lowest BCUT2D eigenvalue weighted by Gasteiger charge is -2.16. The molecule has 208 valence electrons. The number of hydrogen-bond acceptors (Lipinski definition) is 6. The number of methoxy groups -OCH3 is 2. The van der Waals surface area contributed by atoms with E-state index in [1.165, 1.54) is 26.4 Å². The molecule has 0 bridgehead atoms. The third-order valence-electron chi connectivity index (χ3n) is 5.48. The Balaban J connectivity index is 1.94. The van der Waals surface area contributed by atoms with Crippen LogP contribution in [0, 0.1) is 22.7 Å². The van der Waals surface area contributed by atoms with Crippen LogP contribution in [0.5, 0.6) is 11.5 Å². The van der Waals surface area contributed by atoms with Crippen LogP contribution in [0.15, 0.2) is 71.8 Å². The second-order valence-electron chi connectivity index (χ2n) is 8.18. The number of nitriles is 2. The van der Waals surface area contributed by atoms with Crippen molar-refractivity contribution in [2.75, 3.05) is 24.9 Å². The van der Waals surface area contributed by atoms with E-state index < -0.39 is 51.1 Å². The smallest absolute Gasteiger partial charge is 0.416 e. The van der Waals surface area contributed by atoms with Gasteiger partial charge in [-0.1, -0.05) is 35.9 Å². The zero-order valence-electron chi connectivity index (χ0n) is 21.5. The van der Waals surface area contributed by atoms with Crippen LogP contribution in [-0.2, 0) is 15.8 Å². The Morgan fingerprint density at radius 2 is 1.15 bits per heavy atom. The molecule has 3 aromatic rings. The lowest BCUT2D eigenvalue weighted by molar-refractivity contribution is -0.137. The maximum absolute atomic E-state index is 13.7. The summed E-state index contributed by atoms with van der Waals surface area (Å²) in [6.07, 6.45) is -2.44. The van der Waals surface area contributed by atoms with Gasteiger partial charge in [-0.2, -0.15) is 23.7 Å². The minimum Gasteiger partial charge on any atom is -0.497 e. The van der Waals surface area contributed by atoms with Gasteiger partial charge in [-0.25, -0.2) is 0 Å². The molecule has 0 aliphatic rings. The molecule has 12 heteroatoms. The highest BCUT2D eigenvalue weighted by Crippen LogP contribution is 2.39. The van der Waals surface area contributed by atoms with Crippen LogP contribution in [-0.4, -0.2) is 26.0 Å². The topological polar surface area (TPSA) is 124 Å². The van der Waals surface area contributed by atoms with E-state index in [-0.39, 0.29) is 0 Å². The summed E-state index contributed by atoms with van der Waals surface area (Å²) in [6, 6.07) is 17.2. The molecule has 0 aliphatic carbocycles. The highest BCUT2D eigenvalue weighted by atomic mass is 35.5. The molecule has 0 atom stereocenters. The maximum atomic E-state index is 13.7. The van der Waals surface area contributed by atoms with E-state index in [0.717, 1.165) is 0 Å². The molecule has 0 radical (unpaired) electrons. The molecule has 0 spiro atoms. The number of ether oxygens (including phenoxy) is 2. The van der Waals surface area contributed by atoms with Crippen LogP contribution >= 0.6 is 11.6 Å². The van der Waals surface area contributed by atoms with E-state index in [1.54, 1.807) is 60.7 Å². The van der Waals surface area contributed by atoms with Crippen molar-refractivity contribution in [3.05, 3.63) is 93.5 Å².